The Morgan fingerprint density at radius 3 is 2.73 bits per heavy atom. The van der Waals surface area contributed by atoms with Crippen LogP contribution in [0.2, 0.25) is 0 Å². The van der Waals surface area contributed by atoms with E-state index in [1.165, 1.54) is 0 Å². The van der Waals surface area contributed by atoms with Crippen molar-refractivity contribution >= 4 is 17.5 Å². The molecule has 5 nitrogen and oxygen atoms in total. The van der Waals surface area contributed by atoms with Crippen LogP contribution in [0, 0.1) is 6.92 Å². The zero-order chi connectivity index (χ0) is 10.7. The summed E-state index contributed by atoms with van der Waals surface area (Å²) in [5.74, 6) is 0.910. The van der Waals surface area contributed by atoms with E-state index in [-0.39, 0.29) is 5.95 Å². The van der Waals surface area contributed by atoms with Gasteiger partial charge in [0.25, 0.3) is 0 Å². The molecule has 2 aromatic rings. The molecule has 0 aromatic carbocycles. The van der Waals surface area contributed by atoms with Gasteiger partial charge in [0.15, 0.2) is 0 Å². The zero-order valence-electron chi connectivity index (χ0n) is 8.31. The van der Waals surface area contributed by atoms with Crippen LogP contribution < -0.4 is 11.1 Å². The molecule has 0 aliphatic heterocycles. The number of aryl methyl sites for hydroxylation is 1. The third-order valence-corrected chi connectivity index (χ3v) is 1.86. The van der Waals surface area contributed by atoms with Crippen molar-refractivity contribution in [2.45, 2.75) is 6.92 Å². The first kappa shape index (κ1) is 9.39. The fraction of sp³-hybridized carbons (Fsp3) is 0.100. The maximum absolute atomic E-state index is 5.46. The third kappa shape index (κ3) is 2.40. The van der Waals surface area contributed by atoms with Crippen LogP contribution in [0.1, 0.15) is 5.69 Å². The minimum atomic E-state index is 0.250. The van der Waals surface area contributed by atoms with Crippen LogP contribution in [-0.2, 0) is 0 Å². The standard InChI is InChI=1S/C10H11N5/c1-7-2-3-8(6-13-7)14-9-4-5-12-10(11)15-9/h2-6H,1H3,(H3,11,12,14,15). The zero-order valence-corrected chi connectivity index (χ0v) is 8.31. The molecule has 0 spiro atoms. The van der Waals surface area contributed by atoms with Gasteiger partial charge in [-0.05, 0) is 25.1 Å². The molecule has 2 heterocycles. The van der Waals surface area contributed by atoms with E-state index in [4.69, 9.17) is 5.73 Å². The summed E-state index contributed by atoms with van der Waals surface area (Å²) >= 11 is 0. The molecular formula is C10H11N5. The molecule has 5 heteroatoms. The van der Waals surface area contributed by atoms with Gasteiger partial charge in [-0.1, -0.05) is 0 Å². The van der Waals surface area contributed by atoms with Crippen molar-refractivity contribution in [2.75, 3.05) is 11.1 Å². The van der Waals surface area contributed by atoms with Crippen molar-refractivity contribution in [3.63, 3.8) is 0 Å². The highest BCUT2D eigenvalue weighted by molar-refractivity contribution is 5.55. The minimum absolute atomic E-state index is 0.250. The van der Waals surface area contributed by atoms with Gasteiger partial charge in [0.1, 0.15) is 5.82 Å². The van der Waals surface area contributed by atoms with E-state index in [0.29, 0.717) is 5.82 Å². The van der Waals surface area contributed by atoms with Crippen LogP contribution in [-0.4, -0.2) is 15.0 Å². The molecule has 0 aliphatic rings. The SMILES string of the molecule is Cc1ccc(Nc2ccnc(N)n2)cn1. The third-order valence-electron chi connectivity index (χ3n) is 1.86. The predicted octanol–water partition coefficient (Wildman–Crippen LogP) is 1.51. The Labute approximate surface area is 87.4 Å². The molecular weight excluding hydrogens is 190 g/mol. The lowest BCUT2D eigenvalue weighted by Gasteiger charge is -2.04. The van der Waals surface area contributed by atoms with Crippen LogP contribution in [0.3, 0.4) is 0 Å². The molecule has 0 aliphatic carbocycles. The van der Waals surface area contributed by atoms with E-state index in [2.05, 4.69) is 20.3 Å². The maximum Gasteiger partial charge on any atom is 0.221 e. The molecule has 76 valence electrons. The molecule has 0 atom stereocenters. The molecule has 0 bridgehead atoms. The van der Waals surface area contributed by atoms with Crippen molar-refractivity contribution in [3.05, 3.63) is 36.3 Å². The number of hydrogen-bond donors (Lipinski definition) is 2. The Balaban J connectivity index is 2.18. The van der Waals surface area contributed by atoms with Crippen molar-refractivity contribution in [3.8, 4) is 0 Å². The van der Waals surface area contributed by atoms with Crippen LogP contribution in [0.15, 0.2) is 30.6 Å². The number of rotatable bonds is 2. The summed E-state index contributed by atoms with van der Waals surface area (Å²) in [7, 11) is 0. The molecule has 15 heavy (non-hydrogen) atoms. The Kier molecular flexibility index (Phi) is 2.45. The van der Waals surface area contributed by atoms with Gasteiger partial charge in [0.2, 0.25) is 5.95 Å². The molecule has 0 saturated heterocycles. The Morgan fingerprint density at radius 1 is 1.20 bits per heavy atom. The average Bonchev–Trinajstić information content (AvgIpc) is 2.22. The Morgan fingerprint density at radius 2 is 2.07 bits per heavy atom. The fourth-order valence-electron chi connectivity index (χ4n) is 1.13. The first-order valence-corrected chi connectivity index (χ1v) is 4.52. The van der Waals surface area contributed by atoms with E-state index in [9.17, 15) is 0 Å². The van der Waals surface area contributed by atoms with E-state index in [0.717, 1.165) is 11.4 Å². The molecule has 0 unspecified atom stereocenters. The molecule has 2 rings (SSSR count). The number of aromatic nitrogens is 3. The summed E-state index contributed by atoms with van der Waals surface area (Å²) < 4.78 is 0. The van der Waals surface area contributed by atoms with Gasteiger partial charge in [0, 0.05) is 11.9 Å². The number of pyridine rings is 1. The van der Waals surface area contributed by atoms with Crippen LogP contribution in [0.4, 0.5) is 17.5 Å². The van der Waals surface area contributed by atoms with E-state index in [1.54, 1.807) is 18.5 Å². The smallest absolute Gasteiger partial charge is 0.221 e. The lowest BCUT2D eigenvalue weighted by atomic mass is 10.3. The second-order valence-corrected chi connectivity index (χ2v) is 3.11. The van der Waals surface area contributed by atoms with Gasteiger partial charge in [-0.2, -0.15) is 4.98 Å². The lowest BCUT2D eigenvalue weighted by molar-refractivity contribution is 1.17. The molecule has 0 amide bonds. The number of nitrogens with two attached hydrogens (primary N) is 1. The predicted molar refractivity (Wildman–Crippen MR) is 58.7 cm³/mol. The first-order chi connectivity index (χ1) is 7.24. The van der Waals surface area contributed by atoms with Gasteiger partial charge >= 0.3 is 0 Å². The molecule has 0 saturated carbocycles. The second-order valence-electron chi connectivity index (χ2n) is 3.11. The maximum atomic E-state index is 5.46. The molecule has 0 fully saturated rings. The largest absolute Gasteiger partial charge is 0.368 e. The monoisotopic (exact) mass is 201 g/mol. The average molecular weight is 201 g/mol. The summed E-state index contributed by atoms with van der Waals surface area (Å²) in [6.45, 7) is 1.94. The van der Waals surface area contributed by atoms with E-state index in [1.807, 2.05) is 19.1 Å². The van der Waals surface area contributed by atoms with Crippen molar-refractivity contribution in [1.82, 2.24) is 15.0 Å². The van der Waals surface area contributed by atoms with E-state index < -0.39 is 0 Å². The Hall–Kier alpha value is -2.17. The second kappa shape index (κ2) is 3.91. The van der Waals surface area contributed by atoms with Gasteiger partial charge in [-0.25, -0.2) is 4.98 Å². The summed E-state index contributed by atoms with van der Waals surface area (Å²) in [4.78, 5) is 12.0. The number of nitrogens with zero attached hydrogens (tertiary/aromatic N) is 3. The van der Waals surface area contributed by atoms with Crippen LogP contribution >= 0.6 is 0 Å². The van der Waals surface area contributed by atoms with E-state index >= 15 is 0 Å². The fourth-order valence-corrected chi connectivity index (χ4v) is 1.13. The van der Waals surface area contributed by atoms with Crippen LogP contribution in [0.25, 0.3) is 0 Å². The normalized spacial score (nSPS) is 9.93. The van der Waals surface area contributed by atoms with Gasteiger partial charge in [-0.15, -0.1) is 0 Å². The molecule has 3 N–H and O–H groups in total. The van der Waals surface area contributed by atoms with Gasteiger partial charge in [0.05, 0.1) is 11.9 Å². The summed E-state index contributed by atoms with van der Waals surface area (Å²) in [5, 5.41) is 3.08. The minimum Gasteiger partial charge on any atom is -0.368 e. The van der Waals surface area contributed by atoms with Crippen LogP contribution in [0.5, 0.6) is 0 Å². The van der Waals surface area contributed by atoms with Crippen molar-refractivity contribution in [2.24, 2.45) is 0 Å². The lowest BCUT2D eigenvalue weighted by Crippen LogP contribution is -1.99. The van der Waals surface area contributed by atoms with Crippen molar-refractivity contribution in [1.29, 1.82) is 0 Å². The summed E-state index contributed by atoms with van der Waals surface area (Å²) in [6.07, 6.45) is 3.35. The number of nitrogens with one attached hydrogen (secondary N) is 1. The highest BCUT2D eigenvalue weighted by Crippen LogP contribution is 2.13. The van der Waals surface area contributed by atoms with Gasteiger partial charge in [-0.3, -0.25) is 4.98 Å². The summed E-state index contributed by atoms with van der Waals surface area (Å²) in [5.41, 5.74) is 7.31. The highest BCUT2D eigenvalue weighted by atomic mass is 15.1. The van der Waals surface area contributed by atoms with Gasteiger partial charge < -0.3 is 11.1 Å². The summed E-state index contributed by atoms with van der Waals surface area (Å²) in [6, 6.07) is 5.60. The first-order valence-electron chi connectivity index (χ1n) is 4.52. The molecule has 0 radical (unpaired) electrons. The number of nitrogen functional groups attached to an aromatic ring is 1. The molecule has 2 aromatic heterocycles. The number of anilines is 3. The number of hydrogen-bond acceptors (Lipinski definition) is 5. The van der Waals surface area contributed by atoms with Crippen molar-refractivity contribution < 1.29 is 0 Å². The quantitative estimate of drug-likeness (QED) is 0.770. The Bertz CT molecular complexity index is 452. The topological polar surface area (TPSA) is 76.7 Å². The highest BCUT2D eigenvalue weighted by Gasteiger charge is 1.96.